The maximum atomic E-state index is 12.5. The third kappa shape index (κ3) is 3.23. The van der Waals surface area contributed by atoms with E-state index in [0.717, 1.165) is 29.3 Å². The van der Waals surface area contributed by atoms with E-state index >= 15 is 0 Å². The van der Waals surface area contributed by atoms with Gasteiger partial charge in [0.15, 0.2) is 0 Å². The molecule has 130 valence electrons. The average molecular weight is 338 g/mol. The fraction of sp³-hybridized carbons (Fsp3) is 0.450. The maximum Gasteiger partial charge on any atom is 0.340 e. The molecular formula is C20H22N2O3. The van der Waals surface area contributed by atoms with E-state index in [1.165, 1.54) is 0 Å². The molecule has 2 heterocycles. The number of esters is 1. The molecule has 0 bridgehead atoms. The number of aromatic nitrogens is 1. The van der Waals surface area contributed by atoms with Crippen molar-refractivity contribution in [3.05, 3.63) is 41.1 Å². The summed E-state index contributed by atoms with van der Waals surface area (Å²) in [7, 11) is 0. The summed E-state index contributed by atoms with van der Waals surface area (Å²) < 4.78 is 5.50. The fourth-order valence-corrected chi connectivity index (χ4v) is 3.51. The Morgan fingerprint density at radius 1 is 1.28 bits per heavy atom. The van der Waals surface area contributed by atoms with Crippen molar-refractivity contribution in [1.29, 1.82) is 0 Å². The number of fused-ring (bicyclic) bond motifs is 1. The number of hydrogen-bond donors (Lipinski definition) is 0. The van der Waals surface area contributed by atoms with E-state index in [9.17, 15) is 9.59 Å². The molecule has 5 nitrogen and oxygen atoms in total. The minimum Gasteiger partial charge on any atom is -0.462 e. The zero-order valence-electron chi connectivity index (χ0n) is 14.6. The summed E-state index contributed by atoms with van der Waals surface area (Å²) in [6, 6.07) is 8.26. The maximum absolute atomic E-state index is 12.5. The first-order valence-electron chi connectivity index (χ1n) is 8.86. The second-order valence-electron chi connectivity index (χ2n) is 7.26. The predicted molar refractivity (Wildman–Crippen MR) is 94.3 cm³/mol. The van der Waals surface area contributed by atoms with Crippen molar-refractivity contribution in [1.82, 2.24) is 9.88 Å². The molecular weight excluding hydrogens is 316 g/mol. The van der Waals surface area contributed by atoms with Crippen molar-refractivity contribution in [2.75, 3.05) is 13.2 Å². The van der Waals surface area contributed by atoms with Crippen molar-refractivity contribution in [2.24, 2.45) is 5.92 Å². The van der Waals surface area contributed by atoms with Crippen LogP contribution in [0.1, 0.15) is 40.9 Å². The summed E-state index contributed by atoms with van der Waals surface area (Å²) in [5, 5.41) is 0.930. The number of nitrogens with zero attached hydrogens (tertiary/aromatic N) is 2. The zero-order valence-corrected chi connectivity index (χ0v) is 14.6. The summed E-state index contributed by atoms with van der Waals surface area (Å²) >= 11 is 0. The van der Waals surface area contributed by atoms with Crippen molar-refractivity contribution < 1.29 is 14.3 Å². The van der Waals surface area contributed by atoms with Gasteiger partial charge in [-0.05, 0) is 44.4 Å². The molecule has 1 saturated carbocycles. The van der Waals surface area contributed by atoms with Gasteiger partial charge in [-0.3, -0.25) is 9.78 Å². The lowest BCUT2D eigenvalue weighted by Gasteiger charge is -2.15. The monoisotopic (exact) mass is 338 g/mol. The first-order valence-corrected chi connectivity index (χ1v) is 8.86. The number of amides is 1. The number of likely N-dealkylation sites (tertiary alicyclic amines) is 1. The molecule has 2 aromatic rings. The lowest BCUT2D eigenvalue weighted by Crippen LogP contribution is -2.28. The van der Waals surface area contributed by atoms with E-state index in [1.807, 2.05) is 43.0 Å². The summed E-state index contributed by atoms with van der Waals surface area (Å²) in [4.78, 5) is 30.9. The van der Waals surface area contributed by atoms with Crippen molar-refractivity contribution in [2.45, 2.75) is 39.2 Å². The van der Waals surface area contributed by atoms with Gasteiger partial charge in [0, 0.05) is 30.3 Å². The number of ether oxygens (including phenoxy) is 1. The molecule has 5 heteroatoms. The minimum atomic E-state index is -0.357. The predicted octanol–water partition coefficient (Wildman–Crippen LogP) is 3.02. The van der Waals surface area contributed by atoms with Gasteiger partial charge in [0.25, 0.3) is 0 Å². The largest absolute Gasteiger partial charge is 0.462 e. The number of pyridine rings is 1. The van der Waals surface area contributed by atoms with Crippen LogP contribution in [-0.4, -0.2) is 41.0 Å². The second kappa shape index (κ2) is 6.14. The molecule has 2 fully saturated rings. The SMILES string of the molecule is Cc1ccc2cc(C(=O)OC[C@@H]3CC(=O)N(C4CC4)C3)c(C)nc2c1. The van der Waals surface area contributed by atoms with Gasteiger partial charge in [-0.2, -0.15) is 0 Å². The molecule has 1 aromatic carbocycles. The molecule has 1 amide bonds. The second-order valence-corrected chi connectivity index (χ2v) is 7.26. The fourth-order valence-electron chi connectivity index (χ4n) is 3.51. The van der Waals surface area contributed by atoms with Crippen LogP contribution in [0.5, 0.6) is 0 Å². The third-order valence-electron chi connectivity index (χ3n) is 5.06. The molecule has 0 unspecified atom stereocenters. The summed E-state index contributed by atoms with van der Waals surface area (Å²) in [6.45, 7) is 4.85. The van der Waals surface area contributed by atoms with Gasteiger partial charge in [0.05, 0.1) is 23.4 Å². The van der Waals surface area contributed by atoms with Gasteiger partial charge in [0.1, 0.15) is 0 Å². The van der Waals surface area contributed by atoms with Gasteiger partial charge in [-0.25, -0.2) is 4.79 Å². The Morgan fingerprint density at radius 3 is 2.84 bits per heavy atom. The normalized spacial score (nSPS) is 20.3. The number of aryl methyl sites for hydroxylation is 2. The van der Waals surface area contributed by atoms with Crippen LogP contribution < -0.4 is 0 Å². The lowest BCUT2D eigenvalue weighted by molar-refractivity contribution is -0.128. The highest BCUT2D eigenvalue weighted by Crippen LogP contribution is 2.32. The Bertz CT molecular complexity index is 857. The Hall–Kier alpha value is -2.43. The molecule has 4 rings (SSSR count). The van der Waals surface area contributed by atoms with E-state index in [0.29, 0.717) is 36.9 Å². The molecule has 1 saturated heterocycles. The topological polar surface area (TPSA) is 59.5 Å². The Morgan fingerprint density at radius 2 is 2.08 bits per heavy atom. The Kier molecular flexibility index (Phi) is 3.94. The van der Waals surface area contributed by atoms with Crippen LogP contribution in [-0.2, 0) is 9.53 Å². The lowest BCUT2D eigenvalue weighted by atomic mass is 10.1. The molecule has 1 aromatic heterocycles. The highest BCUT2D eigenvalue weighted by Gasteiger charge is 2.39. The highest BCUT2D eigenvalue weighted by atomic mass is 16.5. The average Bonchev–Trinajstić information content (AvgIpc) is 3.35. The quantitative estimate of drug-likeness (QED) is 0.804. The van der Waals surface area contributed by atoms with Crippen molar-refractivity contribution >= 4 is 22.8 Å². The van der Waals surface area contributed by atoms with Gasteiger partial charge in [-0.1, -0.05) is 12.1 Å². The zero-order chi connectivity index (χ0) is 17.6. The van der Waals surface area contributed by atoms with E-state index < -0.39 is 0 Å². The van der Waals surface area contributed by atoms with Crippen LogP contribution in [0, 0.1) is 19.8 Å². The first kappa shape index (κ1) is 16.1. The van der Waals surface area contributed by atoms with Crippen LogP contribution in [0.3, 0.4) is 0 Å². The molecule has 25 heavy (non-hydrogen) atoms. The van der Waals surface area contributed by atoms with Crippen LogP contribution in [0.15, 0.2) is 24.3 Å². The van der Waals surface area contributed by atoms with Gasteiger partial charge in [-0.15, -0.1) is 0 Å². The van der Waals surface area contributed by atoms with E-state index in [1.54, 1.807) is 0 Å². The summed E-state index contributed by atoms with van der Waals surface area (Å²) in [6.07, 6.45) is 2.71. The van der Waals surface area contributed by atoms with E-state index in [-0.39, 0.29) is 17.8 Å². The summed E-state index contributed by atoms with van der Waals surface area (Å²) in [5.41, 5.74) is 3.20. The highest BCUT2D eigenvalue weighted by molar-refractivity contribution is 5.95. The molecule has 0 spiro atoms. The van der Waals surface area contributed by atoms with Crippen LogP contribution in [0.2, 0.25) is 0 Å². The minimum absolute atomic E-state index is 0.105. The number of hydrogen-bond acceptors (Lipinski definition) is 4. The van der Waals surface area contributed by atoms with E-state index in [2.05, 4.69) is 4.98 Å². The van der Waals surface area contributed by atoms with Gasteiger partial charge >= 0.3 is 5.97 Å². The number of benzene rings is 1. The molecule has 0 radical (unpaired) electrons. The van der Waals surface area contributed by atoms with Crippen LogP contribution in [0.25, 0.3) is 10.9 Å². The van der Waals surface area contributed by atoms with Gasteiger partial charge < -0.3 is 9.64 Å². The first-order chi connectivity index (χ1) is 12.0. The van der Waals surface area contributed by atoms with Crippen LogP contribution in [0.4, 0.5) is 0 Å². The standard InChI is InChI=1S/C20H22N2O3/c1-12-3-4-15-9-17(13(2)21-18(15)7-12)20(24)25-11-14-8-19(23)22(10-14)16-5-6-16/h3-4,7,9,14,16H,5-6,8,10-11H2,1-2H3/t14-/m1/s1. The van der Waals surface area contributed by atoms with Crippen molar-refractivity contribution in [3.8, 4) is 0 Å². The van der Waals surface area contributed by atoms with Crippen molar-refractivity contribution in [3.63, 3.8) is 0 Å². The molecule has 1 aliphatic carbocycles. The molecule has 1 atom stereocenters. The Balaban J connectivity index is 1.44. The molecule has 2 aliphatic rings. The number of carbonyl (C=O) groups excluding carboxylic acids is 2. The molecule has 1 aliphatic heterocycles. The number of carbonyl (C=O) groups is 2. The molecule has 0 N–H and O–H groups in total. The van der Waals surface area contributed by atoms with Gasteiger partial charge in [0.2, 0.25) is 5.91 Å². The number of rotatable bonds is 4. The Labute approximate surface area is 147 Å². The smallest absolute Gasteiger partial charge is 0.340 e. The third-order valence-corrected chi connectivity index (χ3v) is 5.06. The van der Waals surface area contributed by atoms with Crippen LogP contribution >= 0.6 is 0 Å². The summed E-state index contributed by atoms with van der Waals surface area (Å²) in [5.74, 6) is -0.0549. The van der Waals surface area contributed by atoms with E-state index in [4.69, 9.17) is 4.74 Å².